The summed E-state index contributed by atoms with van der Waals surface area (Å²) in [5, 5.41) is 3.42. The lowest BCUT2D eigenvalue weighted by atomic mass is 10.1. The Morgan fingerprint density at radius 2 is 1.92 bits per heavy atom. The van der Waals surface area contributed by atoms with Crippen molar-refractivity contribution >= 4 is 5.96 Å². The Bertz CT molecular complexity index is 150. The Morgan fingerprint density at radius 1 is 1.31 bits per heavy atom. The number of guanidine groups is 1. The van der Waals surface area contributed by atoms with Gasteiger partial charge in [0.15, 0.2) is 5.96 Å². The fourth-order valence-electron chi connectivity index (χ4n) is 1.26. The second kappa shape index (κ2) is 6.71. The minimum absolute atomic E-state index is 0.185. The molecule has 0 aromatic rings. The summed E-state index contributed by atoms with van der Waals surface area (Å²) in [5.41, 5.74) is 10.4. The van der Waals surface area contributed by atoms with Gasteiger partial charge in [0, 0.05) is 18.6 Å². The van der Waals surface area contributed by atoms with E-state index >= 15 is 0 Å². The Hall–Kier alpha value is -0.770. The highest BCUT2D eigenvalue weighted by atomic mass is 15.0. The highest BCUT2D eigenvalue weighted by molar-refractivity contribution is 5.75. The molecule has 4 nitrogen and oxygen atoms in total. The van der Waals surface area contributed by atoms with Crippen molar-refractivity contribution in [3.8, 4) is 0 Å². The van der Waals surface area contributed by atoms with E-state index in [2.05, 4.69) is 31.1 Å². The molecular formula is C9H22N4. The topological polar surface area (TPSA) is 76.4 Å². The molecule has 0 spiro atoms. The van der Waals surface area contributed by atoms with Crippen molar-refractivity contribution < 1.29 is 0 Å². The molecule has 0 amide bonds. The van der Waals surface area contributed by atoms with Gasteiger partial charge >= 0.3 is 0 Å². The fourth-order valence-corrected chi connectivity index (χ4v) is 1.26. The summed E-state index contributed by atoms with van der Waals surface area (Å²) < 4.78 is 0. The quantitative estimate of drug-likeness (QED) is 0.320. The lowest BCUT2D eigenvalue weighted by molar-refractivity contribution is 0.457. The number of hydrogen-bond acceptors (Lipinski definition) is 2. The van der Waals surface area contributed by atoms with Crippen LogP contribution in [-0.4, -0.2) is 24.6 Å². The number of nitrogens with one attached hydrogen (secondary N) is 1. The van der Waals surface area contributed by atoms with E-state index in [4.69, 9.17) is 11.5 Å². The Balaban J connectivity index is 3.37. The minimum Gasteiger partial charge on any atom is -0.370 e. The molecule has 0 aliphatic carbocycles. The molecule has 78 valence electrons. The maximum absolute atomic E-state index is 5.20. The average Bonchev–Trinajstić information content (AvgIpc) is 1.96. The zero-order chi connectivity index (χ0) is 10.3. The summed E-state index contributed by atoms with van der Waals surface area (Å²) in [6.07, 6.45) is 2.13. The van der Waals surface area contributed by atoms with Gasteiger partial charge in [0.05, 0.1) is 0 Å². The van der Waals surface area contributed by atoms with Crippen LogP contribution < -0.4 is 16.8 Å². The van der Waals surface area contributed by atoms with E-state index in [-0.39, 0.29) is 5.96 Å². The van der Waals surface area contributed by atoms with Crippen molar-refractivity contribution in [3.63, 3.8) is 0 Å². The van der Waals surface area contributed by atoms with Crippen molar-refractivity contribution in [2.45, 2.75) is 45.7 Å². The van der Waals surface area contributed by atoms with Gasteiger partial charge in [-0.15, -0.1) is 0 Å². The van der Waals surface area contributed by atoms with Gasteiger partial charge in [0.2, 0.25) is 0 Å². The van der Waals surface area contributed by atoms with E-state index in [9.17, 15) is 0 Å². The SMILES string of the molecule is CC(C)N[C@H](C)CCCN=C(N)N. The van der Waals surface area contributed by atoms with Gasteiger partial charge in [0.25, 0.3) is 0 Å². The fraction of sp³-hybridized carbons (Fsp3) is 0.889. The largest absolute Gasteiger partial charge is 0.370 e. The Labute approximate surface area is 80.8 Å². The van der Waals surface area contributed by atoms with E-state index in [1.807, 2.05) is 0 Å². The van der Waals surface area contributed by atoms with Gasteiger partial charge in [-0.25, -0.2) is 0 Å². The number of nitrogens with zero attached hydrogens (tertiary/aromatic N) is 1. The predicted molar refractivity (Wildman–Crippen MR) is 57.6 cm³/mol. The van der Waals surface area contributed by atoms with Crippen LogP contribution in [0.3, 0.4) is 0 Å². The third kappa shape index (κ3) is 9.14. The summed E-state index contributed by atoms with van der Waals surface area (Å²) in [7, 11) is 0. The van der Waals surface area contributed by atoms with E-state index in [0.717, 1.165) is 19.4 Å². The lowest BCUT2D eigenvalue weighted by Gasteiger charge is -2.15. The first-order valence-corrected chi connectivity index (χ1v) is 4.83. The Morgan fingerprint density at radius 3 is 2.38 bits per heavy atom. The second-order valence-corrected chi connectivity index (χ2v) is 3.67. The molecule has 0 heterocycles. The van der Waals surface area contributed by atoms with E-state index in [0.29, 0.717) is 12.1 Å². The van der Waals surface area contributed by atoms with Gasteiger partial charge < -0.3 is 16.8 Å². The highest BCUT2D eigenvalue weighted by Crippen LogP contribution is 1.97. The van der Waals surface area contributed by atoms with Crippen molar-refractivity contribution in [3.05, 3.63) is 0 Å². The van der Waals surface area contributed by atoms with Crippen LogP contribution in [0, 0.1) is 0 Å². The normalized spacial score (nSPS) is 12.9. The molecule has 4 heteroatoms. The van der Waals surface area contributed by atoms with Crippen LogP contribution in [0.1, 0.15) is 33.6 Å². The first-order valence-electron chi connectivity index (χ1n) is 4.83. The number of aliphatic imine (C=N–C) groups is 1. The zero-order valence-corrected chi connectivity index (χ0v) is 8.88. The number of nitrogens with two attached hydrogens (primary N) is 2. The number of rotatable bonds is 6. The lowest BCUT2D eigenvalue weighted by Crippen LogP contribution is -2.32. The predicted octanol–water partition coefficient (Wildman–Crippen LogP) is 0.427. The first kappa shape index (κ1) is 12.2. The summed E-state index contributed by atoms with van der Waals surface area (Å²) >= 11 is 0. The third-order valence-electron chi connectivity index (χ3n) is 1.71. The smallest absolute Gasteiger partial charge is 0.185 e. The molecule has 0 aromatic carbocycles. The van der Waals surface area contributed by atoms with Gasteiger partial charge in [-0.2, -0.15) is 0 Å². The molecule has 0 rings (SSSR count). The van der Waals surface area contributed by atoms with Crippen LogP contribution in [0.5, 0.6) is 0 Å². The van der Waals surface area contributed by atoms with Crippen molar-refractivity contribution in [2.24, 2.45) is 16.5 Å². The van der Waals surface area contributed by atoms with Crippen molar-refractivity contribution in [1.29, 1.82) is 0 Å². The molecule has 0 aromatic heterocycles. The molecule has 0 aliphatic heterocycles. The van der Waals surface area contributed by atoms with E-state index in [1.165, 1.54) is 0 Å². The molecule has 0 aliphatic rings. The Kier molecular flexibility index (Phi) is 6.32. The van der Waals surface area contributed by atoms with Gasteiger partial charge in [-0.3, -0.25) is 4.99 Å². The maximum atomic E-state index is 5.20. The van der Waals surface area contributed by atoms with Crippen molar-refractivity contribution in [1.82, 2.24) is 5.32 Å². The molecule has 1 atom stereocenters. The van der Waals surface area contributed by atoms with Gasteiger partial charge in [-0.1, -0.05) is 13.8 Å². The molecular weight excluding hydrogens is 164 g/mol. The molecule has 13 heavy (non-hydrogen) atoms. The summed E-state index contributed by atoms with van der Waals surface area (Å²) in [6.45, 7) is 7.20. The average molecular weight is 186 g/mol. The van der Waals surface area contributed by atoms with Crippen LogP contribution in [-0.2, 0) is 0 Å². The van der Waals surface area contributed by atoms with Crippen LogP contribution in [0.15, 0.2) is 4.99 Å². The minimum atomic E-state index is 0.185. The van der Waals surface area contributed by atoms with Gasteiger partial charge in [-0.05, 0) is 19.8 Å². The maximum Gasteiger partial charge on any atom is 0.185 e. The third-order valence-corrected chi connectivity index (χ3v) is 1.71. The zero-order valence-electron chi connectivity index (χ0n) is 8.88. The van der Waals surface area contributed by atoms with E-state index in [1.54, 1.807) is 0 Å². The summed E-state index contributed by atoms with van der Waals surface area (Å²) in [6, 6.07) is 1.08. The van der Waals surface area contributed by atoms with Crippen LogP contribution >= 0.6 is 0 Å². The molecule has 0 fully saturated rings. The highest BCUT2D eigenvalue weighted by Gasteiger charge is 2.01. The molecule has 5 N–H and O–H groups in total. The first-order chi connectivity index (χ1) is 6.02. The molecule has 0 saturated carbocycles. The summed E-state index contributed by atoms with van der Waals surface area (Å²) in [5.74, 6) is 0.185. The van der Waals surface area contributed by atoms with Crippen molar-refractivity contribution in [2.75, 3.05) is 6.54 Å². The van der Waals surface area contributed by atoms with Crippen LogP contribution in [0.25, 0.3) is 0 Å². The van der Waals surface area contributed by atoms with Gasteiger partial charge in [0.1, 0.15) is 0 Å². The summed E-state index contributed by atoms with van der Waals surface area (Å²) in [4.78, 5) is 3.92. The molecule has 0 unspecified atom stereocenters. The molecule has 0 saturated heterocycles. The monoisotopic (exact) mass is 186 g/mol. The standard InChI is InChI=1S/C9H22N4/c1-7(2)13-8(3)5-4-6-12-9(10)11/h7-8,13H,4-6H2,1-3H3,(H4,10,11,12)/t8-/m1/s1. The second-order valence-electron chi connectivity index (χ2n) is 3.67. The van der Waals surface area contributed by atoms with Crippen LogP contribution in [0.2, 0.25) is 0 Å². The number of hydrogen-bond donors (Lipinski definition) is 3. The van der Waals surface area contributed by atoms with E-state index < -0.39 is 0 Å². The molecule has 0 radical (unpaired) electrons. The molecule has 0 bridgehead atoms. The van der Waals surface area contributed by atoms with Crippen LogP contribution in [0.4, 0.5) is 0 Å².